The van der Waals surface area contributed by atoms with Crippen LogP contribution in [0, 0.1) is 0 Å². The Hall–Kier alpha value is -0.580. The van der Waals surface area contributed by atoms with Crippen LogP contribution in [0.3, 0.4) is 0 Å². The molecule has 1 aliphatic rings. The Kier molecular flexibility index (Phi) is 5.03. The molecular formula is C12H17Cl2N3O. The molecule has 1 fully saturated rings. The lowest BCUT2D eigenvalue weighted by molar-refractivity contribution is 0.115. The van der Waals surface area contributed by atoms with Crippen LogP contribution in [0.5, 0.6) is 0 Å². The van der Waals surface area contributed by atoms with Gasteiger partial charge < -0.3 is 9.64 Å². The second-order valence-electron chi connectivity index (χ2n) is 4.27. The summed E-state index contributed by atoms with van der Waals surface area (Å²) >= 11 is 12.0. The predicted molar refractivity (Wildman–Crippen MR) is 73.5 cm³/mol. The zero-order valence-electron chi connectivity index (χ0n) is 10.4. The quantitative estimate of drug-likeness (QED) is 0.617. The molecule has 1 saturated heterocycles. The predicted octanol–water partition coefficient (Wildman–Crippen LogP) is 2.87. The molecule has 1 atom stereocenters. The maximum Gasteiger partial charge on any atom is 0.138 e. The van der Waals surface area contributed by atoms with Crippen molar-refractivity contribution in [3.05, 3.63) is 17.0 Å². The normalized spacial score (nSPS) is 19.2. The first-order valence-corrected chi connectivity index (χ1v) is 7.09. The third-order valence-corrected chi connectivity index (χ3v) is 3.73. The van der Waals surface area contributed by atoms with Gasteiger partial charge in [0.2, 0.25) is 0 Å². The highest BCUT2D eigenvalue weighted by atomic mass is 35.5. The molecule has 0 bridgehead atoms. The van der Waals surface area contributed by atoms with E-state index in [1.165, 1.54) is 6.33 Å². The topological polar surface area (TPSA) is 38.2 Å². The van der Waals surface area contributed by atoms with Crippen molar-refractivity contribution in [2.75, 3.05) is 24.6 Å². The van der Waals surface area contributed by atoms with E-state index >= 15 is 0 Å². The van der Waals surface area contributed by atoms with Crippen molar-refractivity contribution in [2.45, 2.75) is 31.7 Å². The Labute approximate surface area is 117 Å². The first-order valence-electron chi connectivity index (χ1n) is 6.18. The van der Waals surface area contributed by atoms with E-state index in [-0.39, 0.29) is 6.10 Å². The van der Waals surface area contributed by atoms with E-state index in [0.717, 1.165) is 43.9 Å². The third kappa shape index (κ3) is 3.05. The molecule has 0 saturated carbocycles. The Morgan fingerprint density at radius 3 is 2.94 bits per heavy atom. The van der Waals surface area contributed by atoms with Gasteiger partial charge in [0.25, 0.3) is 0 Å². The van der Waals surface area contributed by atoms with Crippen molar-refractivity contribution in [1.82, 2.24) is 9.97 Å². The second kappa shape index (κ2) is 6.55. The maximum absolute atomic E-state index is 6.05. The lowest BCUT2D eigenvalue weighted by atomic mass is 10.2. The maximum atomic E-state index is 6.05. The number of ether oxygens (including phenoxy) is 1. The van der Waals surface area contributed by atoms with Gasteiger partial charge >= 0.3 is 0 Å². The van der Waals surface area contributed by atoms with Gasteiger partial charge in [-0.3, -0.25) is 0 Å². The van der Waals surface area contributed by atoms with E-state index in [0.29, 0.717) is 11.0 Å². The van der Waals surface area contributed by atoms with Crippen molar-refractivity contribution in [1.29, 1.82) is 0 Å². The van der Waals surface area contributed by atoms with Gasteiger partial charge in [-0.1, -0.05) is 11.6 Å². The number of nitrogens with zero attached hydrogens (tertiary/aromatic N) is 3. The molecule has 100 valence electrons. The Morgan fingerprint density at radius 2 is 2.33 bits per heavy atom. The molecule has 0 aliphatic carbocycles. The minimum Gasteiger partial charge on any atom is -0.376 e. The minimum atomic E-state index is 0.280. The summed E-state index contributed by atoms with van der Waals surface area (Å²) < 4.78 is 5.66. The molecule has 1 unspecified atom stereocenters. The molecule has 6 heteroatoms. The van der Waals surface area contributed by atoms with E-state index in [9.17, 15) is 0 Å². The van der Waals surface area contributed by atoms with Gasteiger partial charge in [0.05, 0.1) is 12.0 Å². The average Bonchev–Trinajstić information content (AvgIpc) is 2.88. The van der Waals surface area contributed by atoms with Crippen molar-refractivity contribution < 1.29 is 4.74 Å². The van der Waals surface area contributed by atoms with Gasteiger partial charge in [-0.05, 0) is 19.8 Å². The number of anilines is 1. The zero-order chi connectivity index (χ0) is 13.0. The zero-order valence-corrected chi connectivity index (χ0v) is 11.9. The fraction of sp³-hybridized carbons (Fsp3) is 0.667. The monoisotopic (exact) mass is 289 g/mol. The van der Waals surface area contributed by atoms with Crippen LogP contribution >= 0.6 is 23.2 Å². The Morgan fingerprint density at radius 1 is 1.50 bits per heavy atom. The highest BCUT2D eigenvalue weighted by Gasteiger charge is 2.21. The molecule has 0 amide bonds. The number of hydrogen-bond acceptors (Lipinski definition) is 4. The number of aromatic nitrogens is 2. The van der Waals surface area contributed by atoms with Crippen LogP contribution in [0.15, 0.2) is 6.33 Å². The van der Waals surface area contributed by atoms with E-state index in [1.54, 1.807) is 0 Å². The van der Waals surface area contributed by atoms with Crippen LogP contribution in [0.25, 0.3) is 0 Å². The minimum absolute atomic E-state index is 0.280. The fourth-order valence-electron chi connectivity index (χ4n) is 2.17. The van der Waals surface area contributed by atoms with E-state index in [1.807, 2.05) is 0 Å². The third-order valence-electron chi connectivity index (χ3n) is 3.13. The molecular weight excluding hydrogens is 273 g/mol. The first-order chi connectivity index (χ1) is 8.76. The summed E-state index contributed by atoms with van der Waals surface area (Å²) in [5.74, 6) is 1.14. The Bertz CT molecular complexity index is 397. The lowest BCUT2D eigenvalue weighted by Gasteiger charge is -2.26. The van der Waals surface area contributed by atoms with Crippen LogP contribution < -0.4 is 4.90 Å². The van der Waals surface area contributed by atoms with Crippen LogP contribution in [0.4, 0.5) is 5.82 Å². The molecule has 0 spiro atoms. The summed E-state index contributed by atoms with van der Waals surface area (Å²) in [6.07, 6.45) is 3.99. The summed E-state index contributed by atoms with van der Waals surface area (Å²) in [6.45, 7) is 4.61. The molecule has 1 aromatic rings. The number of alkyl halides is 1. The SMILES string of the molecule is CCN(CC1CCCO1)c1ncnc(Cl)c1CCl. The number of hydrogen-bond donors (Lipinski definition) is 0. The van der Waals surface area contributed by atoms with E-state index in [4.69, 9.17) is 27.9 Å². The van der Waals surface area contributed by atoms with Crippen molar-refractivity contribution in [3.8, 4) is 0 Å². The van der Waals surface area contributed by atoms with Crippen LogP contribution in [0.2, 0.25) is 5.15 Å². The summed E-state index contributed by atoms with van der Waals surface area (Å²) in [7, 11) is 0. The molecule has 0 aromatic carbocycles. The summed E-state index contributed by atoms with van der Waals surface area (Å²) in [6, 6.07) is 0. The van der Waals surface area contributed by atoms with Gasteiger partial charge in [0, 0.05) is 25.3 Å². The summed E-state index contributed by atoms with van der Waals surface area (Å²) in [4.78, 5) is 10.4. The van der Waals surface area contributed by atoms with Gasteiger partial charge in [0.15, 0.2) is 0 Å². The molecule has 4 nitrogen and oxygen atoms in total. The lowest BCUT2D eigenvalue weighted by Crippen LogP contribution is -2.33. The highest BCUT2D eigenvalue weighted by Crippen LogP contribution is 2.26. The second-order valence-corrected chi connectivity index (χ2v) is 4.90. The highest BCUT2D eigenvalue weighted by molar-refractivity contribution is 6.31. The average molecular weight is 290 g/mol. The number of halogens is 2. The number of rotatable bonds is 5. The van der Waals surface area contributed by atoms with Crippen molar-refractivity contribution >= 4 is 29.0 Å². The van der Waals surface area contributed by atoms with Crippen molar-refractivity contribution in [2.24, 2.45) is 0 Å². The largest absolute Gasteiger partial charge is 0.376 e. The molecule has 0 N–H and O–H groups in total. The van der Waals surface area contributed by atoms with Crippen molar-refractivity contribution in [3.63, 3.8) is 0 Å². The molecule has 2 heterocycles. The summed E-state index contributed by atoms with van der Waals surface area (Å²) in [5, 5.41) is 0.431. The molecule has 18 heavy (non-hydrogen) atoms. The van der Waals surface area contributed by atoms with Crippen LogP contribution in [0.1, 0.15) is 25.3 Å². The van der Waals surface area contributed by atoms with E-state index < -0.39 is 0 Å². The fourth-order valence-corrected chi connectivity index (χ4v) is 2.68. The molecule has 2 rings (SSSR count). The molecule has 1 aromatic heterocycles. The van der Waals surface area contributed by atoms with Gasteiger partial charge in [0.1, 0.15) is 17.3 Å². The Balaban J connectivity index is 2.18. The standard InChI is InChI=1S/C12H17Cl2N3O/c1-2-17(7-9-4-3-5-18-9)12-10(6-13)11(14)15-8-16-12/h8-9H,2-7H2,1H3. The molecule has 1 aliphatic heterocycles. The van der Waals surface area contributed by atoms with Crippen LogP contribution in [-0.4, -0.2) is 35.8 Å². The van der Waals surface area contributed by atoms with Crippen LogP contribution in [-0.2, 0) is 10.6 Å². The van der Waals surface area contributed by atoms with E-state index in [2.05, 4.69) is 21.8 Å². The van der Waals surface area contributed by atoms with Gasteiger partial charge in [-0.25, -0.2) is 9.97 Å². The smallest absolute Gasteiger partial charge is 0.138 e. The first kappa shape index (κ1) is 13.8. The summed E-state index contributed by atoms with van der Waals surface area (Å²) in [5.41, 5.74) is 0.792. The van der Waals surface area contributed by atoms with Gasteiger partial charge in [-0.15, -0.1) is 11.6 Å². The van der Waals surface area contributed by atoms with Gasteiger partial charge in [-0.2, -0.15) is 0 Å². The number of likely N-dealkylation sites (N-methyl/N-ethyl adjacent to an activating group) is 1. The molecule has 0 radical (unpaired) electrons.